The summed E-state index contributed by atoms with van der Waals surface area (Å²) in [5.74, 6) is 0.520. The van der Waals surface area contributed by atoms with Gasteiger partial charge in [-0.3, -0.25) is 14.8 Å². The van der Waals surface area contributed by atoms with Gasteiger partial charge in [0.25, 0.3) is 5.91 Å². The Morgan fingerprint density at radius 1 is 1.33 bits per heavy atom. The number of rotatable bonds is 5. The number of hydrogen-bond donors (Lipinski definition) is 2. The highest BCUT2D eigenvalue weighted by Gasteiger charge is 2.21. The van der Waals surface area contributed by atoms with Gasteiger partial charge in [0.1, 0.15) is 11.3 Å². The first-order valence-electron chi connectivity index (χ1n) is 8.71. The molecule has 4 heterocycles. The average molecular weight is 384 g/mol. The van der Waals surface area contributed by atoms with Crippen LogP contribution < -0.4 is 15.5 Å². The summed E-state index contributed by atoms with van der Waals surface area (Å²) in [7, 11) is 1.93. The van der Waals surface area contributed by atoms with Crippen LogP contribution in [0.25, 0.3) is 0 Å². The second kappa shape index (κ2) is 7.70. The Morgan fingerprint density at radius 3 is 2.96 bits per heavy atom. The Hall–Kier alpha value is -3.01. The van der Waals surface area contributed by atoms with E-state index in [9.17, 15) is 4.79 Å². The second-order valence-electron chi connectivity index (χ2n) is 6.43. The van der Waals surface area contributed by atoms with E-state index >= 15 is 0 Å². The minimum atomic E-state index is -0.244. The summed E-state index contributed by atoms with van der Waals surface area (Å²) in [4.78, 5) is 18.9. The smallest absolute Gasteiger partial charge is 0.259 e. The van der Waals surface area contributed by atoms with E-state index in [1.54, 1.807) is 17.8 Å². The van der Waals surface area contributed by atoms with Gasteiger partial charge in [-0.15, -0.1) is 10.2 Å². The summed E-state index contributed by atoms with van der Waals surface area (Å²) >= 11 is 1.27. The normalized spacial score (nSPS) is 16.9. The van der Waals surface area contributed by atoms with Crippen molar-refractivity contribution in [3.05, 3.63) is 41.8 Å². The molecule has 9 nitrogen and oxygen atoms in total. The molecule has 1 amide bonds. The largest absolute Gasteiger partial charge is 0.367 e. The van der Waals surface area contributed by atoms with E-state index in [0.29, 0.717) is 16.7 Å². The summed E-state index contributed by atoms with van der Waals surface area (Å²) in [6, 6.07) is 3.89. The van der Waals surface area contributed by atoms with Crippen LogP contribution in [-0.4, -0.2) is 50.0 Å². The van der Waals surface area contributed by atoms with E-state index in [1.165, 1.54) is 11.3 Å². The van der Waals surface area contributed by atoms with Gasteiger partial charge >= 0.3 is 0 Å². The molecule has 140 valence electrons. The van der Waals surface area contributed by atoms with E-state index in [2.05, 4.69) is 35.8 Å². The lowest BCUT2D eigenvalue weighted by molar-refractivity contribution is 0.102. The molecule has 0 aliphatic carbocycles. The fraction of sp³-hybridized carbons (Fsp3) is 0.353. The quantitative estimate of drug-likeness (QED) is 0.694. The van der Waals surface area contributed by atoms with Crippen LogP contribution in [0, 0.1) is 0 Å². The van der Waals surface area contributed by atoms with Crippen LogP contribution in [-0.2, 0) is 7.05 Å². The van der Waals surface area contributed by atoms with E-state index in [4.69, 9.17) is 0 Å². The van der Waals surface area contributed by atoms with Crippen molar-refractivity contribution in [2.24, 2.45) is 7.05 Å². The maximum atomic E-state index is 12.2. The van der Waals surface area contributed by atoms with Gasteiger partial charge in [0, 0.05) is 38.6 Å². The predicted molar refractivity (Wildman–Crippen MR) is 104 cm³/mol. The Kier molecular flexibility index (Phi) is 4.97. The van der Waals surface area contributed by atoms with E-state index < -0.39 is 0 Å². The number of nitrogens with one attached hydrogen (secondary N) is 2. The minimum Gasteiger partial charge on any atom is -0.367 e. The van der Waals surface area contributed by atoms with Crippen molar-refractivity contribution in [1.82, 2.24) is 25.0 Å². The van der Waals surface area contributed by atoms with Crippen LogP contribution in [0.2, 0.25) is 0 Å². The van der Waals surface area contributed by atoms with Gasteiger partial charge in [-0.25, -0.2) is 4.98 Å². The molecule has 3 aromatic rings. The standard InChI is InChI=1S/C17H20N8OS/c1-24-10-14(8-20-24)25-6-2-3-13(9-25)21-15-5-4-12(7-18-15)16(26)22-17-23-19-11-27-17/h4-5,7-8,10-11,13H,2-3,6,9H2,1H3,(H,18,21)(H,22,23,26). The molecule has 1 aliphatic heterocycles. The third kappa shape index (κ3) is 4.22. The van der Waals surface area contributed by atoms with Crippen molar-refractivity contribution in [2.75, 3.05) is 28.6 Å². The molecule has 1 saturated heterocycles. The van der Waals surface area contributed by atoms with Crippen molar-refractivity contribution < 1.29 is 4.79 Å². The summed E-state index contributed by atoms with van der Waals surface area (Å²) in [6.07, 6.45) is 7.69. The molecule has 4 rings (SSSR count). The molecule has 27 heavy (non-hydrogen) atoms. The number of piperidine rings is 1. The van der Waals surface area contributed by atoms with Gasteiger partial charge in [-0.1, -0.05) is 11.3 Å². The molecule has 0 spiro atoms. The number of carbonyl (C=O) groups excluding carboxylic acids is 1. The molecule has 0 bridgehead atoms. The van der Waals surface area contributed by atoms with Crippen molar-refractivity contribution in [3.8, 4) is 0 Å². The molecule has 0 radical (unpaired) electrons. The highest BCUT2D eigenvalue weighted by atomic mass is 32.1. The van der Waals surface area contributed by atoms with E-state index in [1.807, 2.05) is 30.2 Å². The Morgan fingerprint density at radius 2 is 2.26 bits per heavy atom. The number of aromatic nitrogens is 5. The molecule has 3 aromatic heterocycles. The van der Waals surface area contributed by atoms with Crippen molar-refractivity contribution in [1.29, 1.82) is 0 Å². The van der Waals surface area contributed by atoms with Crippen LogP contribution >= 0.6 is 11.3 Å². The number of aryl methyl sites for hydroxylation is 1. The molecule has 10 heteroatoms. The van der Waals surface area contributed by atoms with Gasteiger partial charge in [0.05, 0.1) is 17.4 Å². The van der Waals surface area contributed by atoms with Crippen molar-refractivity contribution in [3.63, 3.8) is 0 Å². The van der Waals surface area contributed by atoms with Gasteiger partial charge in [-0.05, 0) is 25.0 Å². The summed E-state index contributed by atoms with van der Waals surface area (Å²) in [6.45, 7) is 1.93. The van der Waals surface area contributed by atoms with Crippen LogP contribution in [0.15, 0.2) is 36.2 Å². The molecule has 1 aliphatic rings. The summed E-state index contributed by atoms with van der Waals surface area (Å²) < 4.78 is 1.82. The van der Waals surface area contributed by atoms with Crippen molar-refractivity contribution >= 4 is 33.9 Å². The third-order valence-electron chi connectivity index (χ3n) is 4.44. The predicted octanol–water partition coefficient (Wildman–Crippen LogP) is 2.00. The highest BCUT2D eigenvalue weighted by Crippen LogP contribution is 2.21. The van der Waals surface area contributed by atoms with Crippen LogP contribution in [0.4, 0.5) is 16.6 Å². The molecular weight excluding hydrogens is 364 g/mol. The molecule has 1 unspecified atom stereocenters. The van der Waals surface area contributed by atoms with Crippen LogP contribution in [0.1, 0.15) is 23.2 Å². The van der Waals surface area contributed by atoms with Crippen molar-refractivity contribution in [2.45, 2.75) is 18.9 Å². The first-order valence-corrected chi connectivity index (χ1v) is 9.59. The number of carbonyl (C=O) groups is 1. The first kappa shape index (κ1) is 17.4. The summed E-state index contributed by atoms with van der Waals surface area (Å²) in [5.41, 5.74) is 3.19. The zero-order valence-corrected chi connectivity index (χ0v) is 15.7. The zero-order chi connectivity index (χ0) is 18.6. The van der Waals surface area contributed by atoms with Crippen LogP contribution in [0.5, 0.6) is 0 Å². The Labute approximate surface area is 160 Å². The zero-order valence-electron chi connectivity index (χ0n) is 14.9. The first-order chi connectivity index (χ1) is 13.2. The molecule has 1 atom stereocenters. The minimum absolute atomic E-state index is 0.244. The van der Waals surface area contributed by atoms with Crippen LogP contribution in [0.3, 0.4) is 0 Å². The fourth-order valence-corrected chi connectivity index (χ4v) is 3.56. The lowest BCUT2D eigenvalue weighted by atomic mass is 10.1. The van der Waals surface area contributed by atoms with E-state index in [-0.39, 0.29) is 5.91 Å². The maximum Gasteiger partial charge on any atom is 0.259 e. The van der Waals surface area contributed by atoms with Gasteiger partial charge < -0.3 is 10.2 Å². The average Bonchev–Trinajstić information content (AvgIpc) is 3.34. The van der Waals surface area contributed by atoms with E-state index in [0.717, 1.165) is 37.4 Å². The molecule has 1 fully saturated rings. The number of hydrogen-bond acceptors (Lipinski definition) is 8. The molecule has 2 N–H and O–H groups in total. The fourth-order valence-electron chi connectivity index (χ4n) is 3.12. The topological polar surface area (TPSA) is 101 Å². The maximum absolute atomic E-state index is 12.2. The summed E-state index contributed by atoms with van der Waals surface area (Å²) in [5, 5.41) is 18.4. The molecule has 0 saturated carbocycles. The number of amides is 1. The van der Waals surface area contributed by atoms with Gasteiger partial charge in [0.15, 0.2) is 0 Å². The molecule has 0 aromatic carbocycles. The van der Waals surface area contributed by atoms with Gasteiger partial charge in [0.2, 0.25) is 5.13 Å². The second-order valence-corrected chi connectivity index (χ2v) is 7.27. The Bertz CT molecular complexity index is 892. The third-order valence-corrected chi connectivity index (χ3v) is 5.04. The monoisotopic (exact) mass is 384 g/mol. The number of anilines is 3. The molecular formula is C17H20N8OS. The lowest BCUT2D eigenvalue weighted by Gasteiger charge is -2.34. The van der Waals surface area contributed by atoms with Gasteiger partial charge in [-0.2, -0.15) is 5.10 Å². The Balaban J connectivity index is 1.35. The number of pyridine rings is 1. The lowest BCUT2D eigenvalue weighted by Crippen LogP contribution is -2.42. The number of nitrogens with zero attached hydrogens (tertiary/aromatic N) is 6. The SMILES string of the molecule is Cn1cc(N2CCCC(Nc3ccc(C(=O)Nc4nncs4)cn3)C2)cn1. The highest BCUT2D eigenvalue weighted by molar-refractivity contribution is 7.13.